The summed E-state index contributed by atoms with van der Waals surface area (Å²) in [6.45, 7) is 0. The number of H-pyrrole nitrogens is 1. The fourth-order valence-corrected chi connectivity index (χ4v) is 1.06. The predicted octanol–water partition coefficient (Wildman–Crippen LogP) is 1.20. The summed E-state index contributed by atoms with van der Waals surface area (Å²) in [6, 6.07) is 5.90. The molecule has 0 spiro atoms. The van der Waals surface area contributed by atoms with E-state index in [-0.39, 0.29) is 11.4 Å². The molecular weight excluding hydrogens is 199 g/mol. The lowest BCUT2D eigenvalue weighted by Crippen LogP contribution is -2.13. The van der Waals surface area contributed by atoms with Crippen LogP contribution in [0.5, 0.6) is 0 Å². The van der Waals surface area contributed by atoms with Crippen LogP contribution in [0.4, 0.5) is 10.1 Å². The second-order valence-corrected chi connectivity index (χ2v) is 2.79. The van der Waals surface area contributed by atoms with Crippen molar-refractivity contribution in [2.24, 2.45) is 0 Å². The van der Waals surface area contributed by atoms with Crippen LogP contribution in [0.2, 0.25) is 0 Å². The molecule has 0 unspecified atom stereocenters. The number of carbonyl (C=O) groups excluding carboxylic acids is 1. The predicted molar refractivity (Wildman–Crippen MR) is 50.7 cm³/mol. The number of rotatable bonds is 2. The molecule has 0 fully saturated rings. The number of aromatic nitrogens is 3. The molecule has 0 aliphatic carbocycles. The van der Waals surface area contributed by atoms with Gasteiger partial charge in [-0.25, -0.2) is 4.39 Å². The normalized spacial score (nSPS) is 9.93. The first-order chi connectivity index (χ1) is 7.27. The van der Waals surface area contributed by atoms with Crippen molar-refractivity contribution >= 4 is 11.6 Å². The van der Waals surface area contributed by atoms with Gasteiger partial charge >= 0.3 is 0 Å². The maximum atomic E-state index is 13.1. The molecule has 5 nitrogen and oxygen atoms in total. The second kappa shape index (κ2) is 3.87. The van der Waals surface area contributed by atoms with Crippen molar-refractivity contribution in [2.75, 3.05) is 5.32 Å². The Balaban J connectivity index is 2.17. The van der Waals surface area contributed by atoms with Crippen molar-refractivity contribution in [3.63, 3.8) is 0 Å². The first-order valence-electron chi connectivity index (χ1n) is 4.19. The highest BCUT2D eigenvalue weighted by Crippen LogP contribution is 2.12. The standard InChI is InChI=1S/C9H7FN4O/c10-6-3-1-2-4-7(6)12-9(15)8-5-11-14-13-8/h1-5H,(H,12,15)(H,11,13,14). The molecule has 15 heavy (non-hydrogen) atoms. The van der Waals surface area contributed by atoms with Gasteiger partial charge in [-0.1, -0.05) is 12.1 Å². The van der Waals surface area contributed by atoms with Crippen LogP contribution in [0.3, 0.4) is 0 Å². The van der Waals surface area contributed by atoms with Crippen molar-refractivity contribution in [3.8, 4) is 0 Å². The number of para-hydroxylation sites is 1. The average molecular weight is 206 g/mol. The largest absolute Gasteiger partial charge is 0.318 e. The second-order valence-electron chi connectivity index (χ2n) is 2.79. The number of hydrogen-bond acceptors (Lipinski definition) is 3. The lowest BCUT2D eigenvalue weighted by Gasteiger charge is -2.02. The molecular formula is C9H7FN4O. The van der Waals surface area contributed by atoms with Gasteiger partial charge in [0.1, 0.15) is 5.82 Å². The fourth-order valence-electron chi connectivity index (χ4n) is 1.06. The van der Waals surface area contributed by atoms with E-state index in [1.807, 2.05) is 0 Å². The third-order valence-electron chi connectivity index (χ3n) is 1.77. The van der Waals surface area contributed by atoms with Crippen molar-refractivity contribution in [3.05, 3.63) is 42.0 Å². The van der Waals surface area contributed by atoms with Crippen LogP contribution >= 0.6 is 0 Å². The Kier molecular flexibility index (Phi) is 2.40. The zero-order valence-corrected chi connectivity index (χ0v) is 7.57. The number of hydrogen-bond donors (Lipinski definition) is 2. The molecule has 0 saturated heterocycles. The SMILES string of the molecule is O=C(Nc1ccccc1F)c1cn[nH]n1. The molecule has 1 aromatic carbocycles. The number of aromatic amines is 1. The summed E-state index contributed by atoms with van der Waals surface area (Å²) in [5, 5.41) is 11.7. The summed E-state index contributed by atoms with van der Waals surface area (Å²) < 4.78 is 13.1. The molecule has 1 heterocycles. The zero-order chi connectivity index (χ0) is 10.7. The van der Waals surface area contributed by atoms with Gasteiger partial charge in [-0.05, 0) is 12.1 Å². The highest BCUT2D eigenvalue weighted by Gasteiger charge is 2.10. The summed E-state index contributed by atoms with van der Waals surface area (Å²) in [5.41, 5.74) is 0.226. The topological polar surface area (TPSA) is 70.7 Å². The highest BCUT2D eigenvalue weighted by atomic mass is 19.1. The summed E-state index contributed by atoms with van der Waals surface area (Å²) in [6.07, 6.45) is 1.26. The van der Waals surface area contributed by atoms with Crippen LogP contribution in [0.1, 0.15) is 10.5 Å². The molecule has 2 N–H and O–H groups in total. The highest BCUT2D eigenvalue weighted by molar-refractivity contribution is 6.02. The Bertz CT molecular complexity index is 469. The van der Waals surface area contributed by atoms with Gasteiger partial charge in [-0.15, -0.1) is 0 Å². The minimum atomic E-state index is -0.506. The van der Waals surface area contributed by atoms with E-state index in [4.69, 9.17) is 0 Å². The Morgan fingerprint density at radius 2 is 2.20 bits per heavy atom. The monoisotopic (exact) mass is 206 g/mol. The maximum absolute atomic E-state index is 13.1. The summed E-state index contributed by atoms with van der Waals surface area (Å²) in [7, 11) is 0. The first-order valence-corrected chi connectivity index (χ1v) is 4.19. The molecule has 76 valence electrons. The van der Waals surface area contributed by atoms with Gasteiger partial charge in [0.2, 0.25) is 0 Å². The number of amides is 1. The molecule has 0 saturated carbocycles. The quantitative estimate of drug-likeness (QED) is 0.775. The van der Waals surface area contributed by atoms with Crippen molar-refractivity contribution < 1.29 is 9.18 Å². The lowest BCUT2D eigenvalue weighted by atomic mass is 10.3. The van der Waals surface area contributed by atoms with E-state index in [1.54, 1.807) is 12.1 Å². The number of nitrogens with one attached hydrogen (secondary N) is 2. The Morgan fingerprint density at radius 3 is 2.87 bits per heavy atom. The molecule has 1 amide bonds. The number of halogens is 1. The molecule has 2 rings (SSSR count). The Labute approximate surface area is 84.3 Å². The van der Waals surface area contributed by atoms with E-state index in [0.29, 0.717) is 0 Å². The van der Waals surface area contributed by atoms with Gasteiger partial charge in [-0.2, -0.15) is 15.4 Å². The maximum Gasteiger partial charge on any atom is 0.277 e. The van der Waals surface area contributed by atoms with Crippen LogP contribution in [-0.4, -0.2) is 21.3 Å². The van der Waals surface area contributed by atoms with E-state index in [0.717, 1.165) is 0 Å². The van der Waals surface area contributed by atoms with Crippen molar-refractivity contribution in [1.29, 1.82) is 0 Å². The van der Waals surface area contributed by atoms with Crippen molar-refractivity contribution in [2.45, 2.75) is 0 Å². The molecule has 1 aromatic heterocycles. The number of anilines is 1. The zero-order valence-electron chi connectivity index (χ0n) is 7.57. The van der Waals surface area contributed by atoms with E-state index >= 15 is 0 Å². The van der Waals surface area contributed by atoms with E-state index < -0.39 is 11.7 Å². The van der Waals surface area contributed by atoms with Crippen LogP contribution in [-0.2, 0) is 0 Å². The van der Waals surface area contributed by atoms with Crippen LogP contribution in [0, 0.1) is 5.82 Å². The van der Waals surface area contributed by atoms with E-state index in [9.17, 15) is 9.18 Å². The van der Waals surface area contributed by atoms with E-state index in [1.165, 1.54) is 18.3 Å². The van der Waals surface area contributed by atoms with Gasteiger partial charge in [0.05, 0.1) is 11.9 Å². The van der Waals surface area contributed by atoms with Gasteiger partial charge < -0.3 is 5.32 Å². The lowest BCUT2D eigenvalue weighted by molar-refractivity contribution is 0.102. The molecule has 6 heteroatoms. The number of nitrogens with zero attached hydrogens (tertiary/aromatic N) is 2. The van der Waals surface area contributed by atoms with Gasteiger partial charge in [0.15, 0.2) is 5.69 Å². The third-order valence-corrected chi connectivity index (χ3v) is 1.77. The summed E-state index contributed by atoms with van der Waals surface area (Å²) >= 11 is 0. The van der Waals surface area contributed by atoms with Gasteiger partial charge in [-0.3, -0.25) is 4.79 Å². The minimum absolute atomic E-state index is 0.109. The first kappa shape index (κ1) is 9.32. The van der Waals surface area contributed by atoms with Crippen LogP contribution < -0.4 is 5.32 Å². The molecule has 0 atom stereocenters. The molecule has 2 aromatic rings. The number of carbonyl (C=O) groups is 1. The number of benzene rings is 1. The smallest absolute Gasteiger partial charge is 0.277 e. The molecule has 0 aliphatic rings. The molecule has 0 aliphatic heterocycles. The third kappa shape index (κ3) is 1.98. The van der Waals surface area contributed by atoms with Gasteiger partial charge in [0.25, 0.3) is 5.91 Å². The Morgan fingerprint density at radius 1 is 1.40 bits per heavy atom. The summed E-state index contributed by atoms with van der Waals surface area (Å²) in [5.74, 6) is -0.997. The van der Waals surface area contributed by atoms with Crippen LogP contribution in [0.25, 0.3) is 0 Å². The minimum Gasteiger partial charge on any atom is -0.318 e. The summed E-state index contributed by atoms with van der Waals surface area (Å²) in [4.78, 5) is 11.4. The van der Waals surface area contributed by atoms with Crippen LogP contribution in [0.15, 0.2) is 30.5 Å². The van der Waals surface area contributed by atoms with Crippen molar-refractivity contribution in [1.82, 2.24) is 15.4 Å². The van der Waals surface area contributed by atoms with E-state index in [2.05, 4.69) is 20.7 Å². The molecule has 0 radical (unpaired) electrons. The Hall–Kier alpha value is -2.24. The van der Waals surface area contributed by atoms with Gasteiger partial charge in [0, 0.05) is 0 Å². The fraction of sp³-hybridized carbons (Fsp3) is 0. The average Bonchev–Trinajstić information content (AvgIpc) is 2.74. The molecule has 0 bridgehead atoms.